The van der Waals surface area contributed by atoms with E-state index in [1.807, 2.05) is 55.5 Å². The summed E-state index contributed by atoms with van der Waals surface area (Å²) in [6, 6.07) is 14.6. The number of amides is 2. The van der Waals surface area contributed by atoms with E-state index in [2.05, 4.69) is 15.6 Å². The van der Waals surface area contributed by atoms with E-state index in [9.17, 15) is 9.59 Å². The van der Waals surface area contributed by atoms with Gasteiger partial charge in [-0.1, -0.05) is 47.7 Å². The number of hydrogen-bond donors (Lipinski definition) is 2. The van der Waals surface area contributed by atoms with Crippen LogP contribution in [0.25, 0.3) is 10.2 Å². The second-order valence-corrected chi connectivity index (χ2v) is 9.21. The van der Waals surface area contributed by atoms with Crippen molar-refractivity contribution in [2.45, 2.75) is 45.9 Å². The number of carbonyl (C=O) groups is 2. The number of benzene rings is 2. The lowest BCUT2D eigenvalue weighted by Gasteiger charge is -2.23. The Labute approximate surface area is 185 Å². The van der Waals surface area contributed by atoms with Crippen molar-refractivity contribution in [3.8, 4) is 0 Å². The van der Waals surface area contributed by atoms with Crippen LogP contribution in [0.5, 0.6) is 0 Å². The predicted molar refractivity (Wildman–Crippen MR) is 122 cm³/mol. The van der Waals surface area contributed by atoms with E-state index in [4.69, 9.17) is 9.47 Å². The smallest absolute Gasteiger partial charge is 0.408 e. The highest BCUT2D eigenvalue weighted by atomic mass is 32.1. The fraction of sp³-hybridized carbons (Fsp3) is 0.348. The third-order valence-corrected chi connectivity index (χ3v) is 5.11. The maximum absolute atomic E-state index is 12.9. The molecule has 31 heavy (non-hydrogen) atoms. The summed E-state index contributed by atoms with van der Waals surface area (Å²) in [6.45, 7) is 7.59. The molecular formula is C23H27N3O4S. The van der Waals surface area contributed by atoms with E-state index in [1.54, 1.807) is 20.8 Å². The number of thiazole rings is 1. The molecule has 0 bridgehead atoms. The molecule has 0 radical (unpaired) electrons. The molecule has 8 heteroatoms. The third-order valence-electron chi connectivity index (χ3n) is 4.18. The van der Waals surface area contributed by atoms with Gasteiger partial charge in [0.2, 0.25) is 0 Å². The van der Waals surface area contributed by atoms with Gasteiger partial charge < -0.3 is 20.1 Å². The molecule has 1 aromatic heterocycles. The molecule has 0 aliphatic carbocycles. The summed E-state index contributed by atoms with van der Waals surface area (Å²) in [5.74, 6) is -0.422. The van der Waals surface area contributed by atoms with E-state index in [0.29, 0.717) is 11.7 Å². The Balaban J connectivity index is 1.68. The number of anilines is 1. The van der Waals surface area contributed by atoms with Gasteiger partial charge in [-0.3, -0.25) is 4.79 Å². The number of ether oxygens (including phenoxy) is 2. The summed E-state index contributed by atoms with van der Waals surface area (Å²) in [5, 5.41) is 5.85. The molecule has 3 rings (SSSR count). The molecule has 0 spiro atoms. The second kappa shape index (κ2) is 9.89. The monoisotopic (exact) mass is 441 g/mol. The number of rotatable bonds is 7. The summed E-state index contributed by atoms with van der Waals surface area (Å²) in [6.07, 6.45) is -0.684. The van der Waals surface area contributed by atoms with Crippen LogP contribution in [0.2, 0.25) is 0 Å². The van der Waals surface area contributed by atoms with Gasteiger partial charge in [-0.25, -0.2) is 9.78 Å². The quantitative estimate of drug-likeness (QED) is 0.557. The summed E-state index contributed by atoms with van der Waals surface area (Å²) in [7, 11) is 0. The summed E-state index contributed by atoms with van der Waals surface area (Å²) in [4.78, 5) is 29.6. The van der Waals surface area contributed by atoms with Gasteiger partial charge in [0.25, 0.3) is 5.91 Å². The minimum Gasteiger partial charge on any atom is -0.444 e. The second-order valence-electron chi connectivity index (χ2n) is 8.18. The van der Waals surface area contributed by atoms with Gasteiger partial charge in [-0.15, -0.1) is 0 Å². The Bertz CT molecular complexity index is 1040. The predicted octanol–water partition coefficient (Wildman–Crippen LogP) is 4.65. The van der Waals surface area contributed by atoms with Crippen molar-refractivity contribution >= 4 is 38.7 Å². The molecule has 0 aliphatic heterocycles. The van der Waals surface area contributed by atoms with Crippen molar-refractivity contribution in [1.82, 2.24) is 10.3 Å². The van der Waals surface area contributed by atoms with Crippen LogP contribution in [0.15, 0.2) is 48.5 Å². The Morgan fingerprint density at radius 1 is 1.13 bits per heavy atom. The largest absolute Gasteiger partial charge is 0.444 e. The van der Waals surface area contributed by atoms with Gasteiger partial charge in [0.05, 0.1) is 23.4 Å². The molecule has 0 saturated carbocycles. The molecule has 0 saturated heterocycles. The average Bonchev–Trinajstić information content (AvgIpc) is 3.07. The van der Waals surface area contributed by atoms with Crippen LogP contribution in [0.1, 0.15) is 31.9 Å². The van der Waals surface area contributed by atoms with E-state index in [0.717, 1.165) is 21.3 Å². The standard InChI is InChI=1S/C23H27N3O4S/c1-15-10-11-17-19(12-15)31-21(24-17)26-20(27)18(25-22(28)30-23(2,3)4)14-29-13-16-8-6-5-7-9-16/h5-12,18H,13-14H2,1-4H3,(H,25,28)(H,24,26,27)/t18-/m0/s1. The van der Waals surface area contributed by atoms with Crippen LogP contribution < -0.4 is 10.6 Å². The maximum Gasteiger partial charge on any atom is 0.408 e. The molecular weight excluding hydrogens is 414 g/mol. The lowest BCUT2D eigenvalue weighted by atomic mass is 10.2. The van der Waals surface area contributed by atoms with Gasteiger partial charge in [0.1, 0.15) is 11.6 Å². The Morgan fingerprint density at radius 3 is 2.58 bits per heavy atom. The third kappa shape index (κ3) is 7.04. The highest BCUT2D eigenvalue weighted by Gasteiger charge is 2.25. The number of carbonyl (C=O) groups excluding carboxylic acids is 2. The number of aromatic nitrogens is 1. The lowest BCUT2D eigenvalue weighted by Crippen LogP contribution is -2.48. The van der Waals surface area contributed by atoms with Crippen LogP contribution in [0.4, 0.5) is 9.93 Å². The first-order valence-electron chi connectivity index (χ1n) is 9.99. The Morgan fingerprint density at radius 2 is 1.87 bits per heavy atom. The number of nitrogens with zero attached hydrogens (tertiary/aromatic N) is 1. The zero-order valence-corrected chi connectivity index (χ0v) is 18.9. The minimum atomic E-state index is -0.938. The van der Waals surface area contributed by atoms with E-state index in [-0.39, 0.29) is 6.61 Å². The number of alkyl carbamates (subject to hydrolysis) is 1. The Kier molecular flexibility index (Phi) is 7.25. The van der Waals surface area contributed by atoms with Crippen molar-refractivity contribution < 1.29 is 19.1 Å². The topological polar surface area (TPSA) is 89.5 Å². The average molecular weight is 442 g/mol. The molecule has 0 fully saturated rings. The first kappa shape index (κ1) is 22.7. The molecule has 164 valence electrons. The van der Waals surface area contributed by atoms with Crippen molar-refractivity contribution in [2.75, 3.05) is 11.9 Å². The van der Waals surface area contributed by atoms with Crippen LogP contribution >= 0.6 is 11.3 Å². The summed E-state index contributed by atoms with van der Waals surface area (Å²) in [5.41, 5.74) is 2.22. The fourth-order valence-electron chi connectivity index (χ4n) is 2.78. The van der Waals surface area contributed by atoms with Crippen molar-refractivity contribution in [1.29, 1.82) is 0 Å². The van der Waals surface area contributed by atoms with Gasteiger partial charge in [-0.05, 0) is 51.0 Å². The number of aryl methyl sites for hydroxylation is 1. The first-order chi connectivity index (χ1) is 14.7. The van der Waals surface area contributed by atoms with Crippen LogP contribution in [0.3, 0.4) is 0 Å². The van der Waals surface area contributed by atoms with Crippen molar-refractivity contribution in [3.63, 3.8) is 0 Å². The zero-order valence-electron chi connectivity index (χ0n) is 18.1. The lowest BCUT2D eigenvalue weighted by molar-refractivity contribution is -0.119. The maximum atomic E-state index is 12.9. The van der Waals surface area contributed by atoms with Crippen LogP contribution in [0, 0.1) is 6.92 Å². The molecule has 1 atom stereocenters. The van der Waals surface area contributed by atoms with Gasteiger partial charge >= 0.3 is 6.09 Å². The molecule has 0 unspecified atom stereocenters. The highest BCUT2D eigenvalue weighted by molar-refractivity contribution is 7.22. The van der Waals surface area contributed by atoms with Crippen molar-refractivity contribution in [3.05, 3.63) is 59.7 Å². The number of hydrogen-bond acceptors (Lipinski definition) is 6. The molecule has 7 nitrogen and oxygen atoms in total. The van der Waals surface area contributed by atoms with Crippen molar-refractivity contribution in [2.24, 2.45) is 0 Å². The molecule has 1 heterocycles. The molecule has 2 aromatic carbocycles. The van der Waals surface area contributed by atoms with Gasteiger partial charge in [0, 0.05) is 0 Å². The summed E-state index contributed by atoms with van der Waals surface area (Å²) >= 11 is 1.38. The normalized spacial score (nSPS) is 12.4. The summed E-state index contributed by atoms with van der Waals surface area (Å²) < 4.78 is 12.0. The van der Waals surface area contributed by atoms with Gasteiger partial charge in [0.15, 0.2) is 5.13 Å². The number of nitrogens with one attached hydrogen (secondary N) is 2. The SMILES string of the molecule is Cc1ccc2nc(NC(=O)[C@H](COCc3ccccc3)NC(=O)OC(C)(C)C)sc2c1. The number of fused-ring (bicyclic) bond motifs is 1. The molecule has 0 aliphatic rings. The first-order valence-corrected chi connectivity index (χ1v) is 10.8. The van der Waals surface area contributed by atoms with E-state index >= 15 is 0 Å². The van der Waals surface area contributed by atoms with E-state index < -0.39 is 23.6 Å². The Hall–Kier alpha value is -2.97. The van der Waals surface area contributed by atoms with Gasteiger partial charge in [-0.2, -0.15) is 0 Å². The molecule has 2 N–H and O–H groups in total. The highest BCUT2D eigenvalue weighted by Crippen LogP contribution is 2.26. The van der Waals surface area contributed by atoms with Crippen LogP contribution in [-0.2, 0) is 20.9 Å². The zero-order chi connectivity index (χ0) is 22.4. The minimum absolute atomic E-state index is 0.00995. The van der Waals surface area contributed by atoms with Crippen LogP contribution in [-0.4, -0.2) is 35.2 Å². The van der Waals surface area contributed by atoms with E-state index in [1.165, 1.54) is 11.3 Å². The molecule has 3 aromatic rings. The fourth-order valence-corrected chi connectivity index (χ4v) is 3.75. The molecule has 2 amide bonds.